The van der Waals surface area contributed by atoms with Gasteiger partial charge in [-0.25, -0.2) is 4.39 Å². The highest BCUT2D eigenvalue weighted by Crippen LogP contribution is 2.20. The first-order valence-corrected chi connectivity index (χ1v) is 6.97. The number of ether oxygens (including phenoxy) is 3. The molecule has 2 N–H and O–H groups in total. The van der Waals surface area contributed by atoms with Gasteiger partial charge in [-0.1, -0.05) is 0 Å². The summed E-state index contributed by atoms with van der Waals surface area (Å²) in [5.41, 5.74) is 0.288. The van der Waals surface area contributed by atoms with Crippen LogP contribution in [0, 0.1) is 5.82 Å². The van der Waals surface area contributed by atoms with Gasteiger partial charge in [-0.2, -0.15) is 0 Å². The summed E-state index contributed by atoms with van der Waals surface area (Å²) in [6, 6.07) is 4.39. The van der Waals surface area contributed by atoms with Crippen LogP contribution in [0.5, 0.6) is 5.75 Å². The maximum atomic E-state index is 13.5. The maximum Gasteiger partial charge on any atom is 0.146 e. The Labute approximate surface area is 125 Å². The van der Waals surface area contributed by atoms with Crippen molar-refractivity contribution in [3.8, 4) is 5.75 Å². The Morgan fingerprint density at radius 2 is 2.05 bits per heavy atom. The van der Waals surface area contributed by atoms with E-state index < -0.39 is 11.9 Å². The fourth-order valence-electron chi connectivity index (χ4n) is 1.62. The molecule has 0 aromatic heterocycles. The third-order valence-corrected chi connectivity index (χ3v) is 2.69. The molecular formula is C15H24FNO4. The van der Waals surface area contributed by atoms with E-state index in [1.165, 1.54) is 19.2 Å². The minimum atomic E-state index is -0.727. The van der Waals surface area contributed by atoms with Crippen molar-refractivity contribution in [1.29, 1.82) is 0 Å². The molecule has 0 heterocycles. The molecule has 0 spiro atoms. The number of halogens is 1. The van der Waals surface area contributed by atoms with E-state index in [-0.39, 0.29) is 24.9 Å². The Morgan fingerprint density at radius 3 is 2.71 bits per heavy atom. The van der Waals surface area contributed by atoms with Gasteiger partial charge in [-0.3, -0.25) is 0 Å². The summed E-state index contributed by atoms with van der Waals surface area (Å²) in [5, 5.41) is 12.6. The van der Waals surface area contributed by atoms with E-state index >= 15 is 0 Å². The van der Waals surface area contributed by atoms with Gasteiger partial charge in [0.1, 0.15) is 11.6 Å². The van der Waals surface area contributed by atoms with E-state index in [1.807, 2.05) is 13.8 Å². The van der Waals surface area contributed by atoms with Crippen LogP contribution >= 0.6 is 0 Å². The first kappa shape index (κ1) is 17.7. The molecule has 1 rings (SSSR count). The van der Waals surface area contributed by atoms with Gasteiger partial charge in [0, 0.05) is 12.6 Å². The summed E-state index contributed by atoms with van der Waals surface area (Å²) in [6.07, 6.45) is -0.564. The van der Waals surface area contributed by atoms with E-state index in [0.29, 0.717) is 19.0 Å². The number of aliphatic hydroxyl groups is 1. The second-order valence-corrected chi connectivity index (χ2v) is 4.87. The summed E-state index contributed by atoms with van der Waals surface area (Å²) < 4.78 is 29.1. The average Bonchev–Trinajstić information content (AvgIpc) is 2.45. The molecule has 5 nitrogen and oxygen atoms in total. The number of hydrogen-bond acceptors (Lipinski definition) is 5. The Balaban J connectivity index is 2.25. The van der Waals surface area contributed by atoms with Crippen LogP contribution in [-0.2, 0) is 9.47 Å². The highest BCUT2D eigenvalue weighted by molar-refractivity contribution is 5.49. The SMILES string of the molecule is COc1ccc(F)c(NCC(O)COCCOC(C)C)c1. The van der Waals surface area contributed by atoms with Crippen LogP contribution in [0.15, 0.2) is 18.2 Å². The number of methoxy groups -OCH3 is 1. The van der Waals surface area contributed by atoms with Crippen LogP contribution < -0.4 is 10.1 Å². The Kier molecular flexibility index (Phi) is 8.04. The monoisotopic (exact) mass is 301 g/mol. The van der Waals surface area contributed by atoms with Crippen molar-refractivity contribution in [2.75, 3.05) is 38.8 Å². The number of anilines is 1. The molecule has 21 heavy (non-hydrogen) atoms. The fourth-order valence-corrected chi connectivity index (χ4v) is 1.62. The summed E-state index contributed by atoms with van der Waals surface area (Å²) in [5.74, 6) is 0.157. The number of aliphatic hydroxyl groups excluding tert-OH is 1. The van der Waals surface area contributed by atoms with Crippen molar-refractivity contribution in [3.63, 3.8) is 0 Å². The molecule has 1 aromatic rings. The molecule has 120 valence electrons. The lowest BCUT2D eigenvalue weighted by Gasteiger charge is -2.14. The molecule has 0 amide bonds. The summed E-state index contributed by atoms with van der Waals surface area (Å²) >= 11 is 0. The van der Waals surface area contributed by atoms with Crippen LogP contribution in [-0.4, -0.2) is 50.8 Å². The molecule has 0 aliphatic heterocycles. The predicted octanol–water partition coefficient (Wildman–Crippen LogP) is 2.05. The lowest BCUT2D eigenvalue weighted by molar-refractivity contribution is -0.00735. The molecule has 0 saturated heterocycles. The van der Waals surface area contributed by atoms with E-state index in [0.717, 1.165) is 0 Å². The second-order valence-electron chi connectivity index (χ2n) is 4.87. The number of nitrogens with one attached hydrogen (secondary N) is 1. The zero-order chi connectivity index (χ0) is 15.7. The van der Waals surface area contributed by atoms with Crippen LogP contribution in [0.2, 0.25) is 0 Å². The first-order chi connectivity index (χ1) is 10.0. The Morgan fingerprint density at radius 1 is 1.29 bits per heavy atom. The topological polar surface area (TPSA) is 60.0 Å². The molecule has 1 unspecified atom stereocenters. The van der Waals surface area contributed by atoms with Crippen molar-refractivity contribution >= 4 is 5.69 Å². The van der Waals surface area contributed by atoms with Crippen molar-refractivity contribution < 1.29 is 23.7 Å². The van der Waals surface area contributed by atoms with Crippen LogP contribution in [0.3, 0.4) is 0 Å². The van der Waals surface area contributed by atoms with Crippen molar-refractivity contribution in [1.82, 2.24) is 0 Å². The smallest absolute Gasteiger partial charge is 0.146 e. The van der Waals surface area contributed by atoms with Crippen LogP contribution in [0.4, 0.5) is 10.1 Å². The molecule has 0 aliphatic carbocycles. The standard InChI is InChI=1S/C15H24FNO4/c1-11(2)21-7-6-20-10-12(18)9-17-15-8-13(19-3)4-5-14(15)16/h4-5,8,11-12,17-18H,6-7,9-10H2,1-3H3. The average molecular weight is 301 g/mol. The lowest BCUT2D eigenvalue weighted by Crippen LogP contribution is -2.26. The van der Waals surface area contributed by atoms with Crippen molar-refractivity contribution in [2.24, 2.45) is 0 Å². The number of rotatable bonds is 10. The normalized spacial score (nSPS) is 12.5. The predicted molar refractivity (Wildman–Crippen MR) is 79.4 cm³/mol. The zero-order valence-electron chi connectivity index (χ0n) is 12.8. The van der Waals surface area contributed by atoms with Gasteiger partial charge in [-0.05, 0) is 26.0 Å². The minimum Gasteiger partial charge on any atom is -0.497 e. The van der Waals surface area contributed by atoms with Gasteiger partial charge in [-0.15, -0.1) is 0 Å². The zero-order valence-corrected chi connectivity index (χ0v) is 12.8. The number of hydrogen-bond donors (Lipinski definition) is 2. The van der Waals surface area contributed by atoms with E-state index in [2.05, 4.69) is 5.32 Å². The van der Waals surface area contributed by atoms with E-state index in [9.17, 15) is 9.50 Å². The molecule has 0 saturated carbocycles. The third-order valence-electron chi connectivity index (χ3n) is 2.69. The molecule has 6 heteroatoms. The van der Waals surface area contributed by atoms with Crippen LogP contribution in [0.1, 0.15) is 13.8 Å². The van der Waals surface area contributed by atoms with Gasteiger partial charge < -0.3 is 24.6 Å². The molecule has 0 bridgehead atoms. The summed E-state index contributed by atoms with van der Waals surface area (Å²) in [6.45, 7) is 5.16. The molecule has 0 radical (unpaired) electrons. The lowest BCUT2D eigenvalue weighted by atomic mass is 10.2. The molecule has 1 atom stereocenters. The van der Waals surface area contributed by atoms with Crippen molar-refractivity contribution in [2.45, 2.75) is 26.1 Å². The highest BCUT2D eigenvalue weighted by Gasteiger charge is 2.08. The van der Waals surface area contributed by atoms with Gasteiger partial charge >= 0.3 is 0 Å². The molecule has 0 aliphatic rings. The first-order valence-electron chi connectivity index (χ1n) is 6.97. The quantitative estimate of drug-likeness (QED) is 0.648. The Hall–Kier alpha value is -1.37. The van der Waals surface area contributed by atoms with Gasteiger partial charge in [0.25, 0.3) is 0 Å². The maximum absolute atomic E-state index is 13.5. The van der Waals surface area contributed by atoms with Gasteiger partial charge in [0.15, 0.2) is 0 Å². The molecule has 0 fully saturated rings. The largest absolute Gasteiger partial charge is 0.497 e. The molecule has 1 aromatic carbocycles. The highest BCUT2D eigenvalue weighted by atomic mass is 19.1. The fraction of sp³-hybridized carbons (Fsp3) is 0.600. The van der Waals surface area contributed by atoms with Gasteiger partial charge in [0.2, 0.25) is 0 Å². The summed E-state index contributed by atoms with van der Waals surface area (Å²) in [4.78, 5) is 0. The summed E-state index contributed by atoms with van der Waals surface area (Å²) in [7, 11) is 1.51. The Bertz CT molecular complexity index is 415. The minimum absolute atomic E-state index is 0.163. The second kappa shape index (κ2) is 9.55. The number of benzene rings is 1. The molecular weight excluding hydrogens is 277 g/mol. The van der Waals surface area contributed by atoms with Crippen LogP contribution in [0.25, 0.3) is 0 Å². The van der Waals surface area contributed by atoms with E-state index in [4.69, 9.17) is 14.2 Å². The van der Waals surface area contributed by atoms with Crippen molar-refractivity contribution in [3.05, 3.63) is 24.0 Å². The van der Waals surface area contributed by atoms with E-state index in [1.54, 1.807) is 6.07 Å². The van der Waals surface area contributed by atoms with Gasteiger partial charge in [0.05, 0.1) is 44.8 Å². The third kappa shape index (κ3) is 7.27.